The third-order valence-corrected chi connectivity index (χ3v) is 4.06. The van der Waals surface area contributed by atoms with Crippen molar-refractivity contribution in [3.63, 3.8) is 0 Å². The van der Waals surface area contributed by atoms with Gasteiger partial charge >= 0.3 is 5.97 Å². The molecule has 0 radical (unpaired) electrons. The van der Waals surface area contributed by atoms with E-state index in [0.29, 0.717) is 16.0 Å². The quantitative estimate of drug-likeness (QED) is 0.798. The molecule has 2 N–H and O–H groups in total. The maximum atomic E-state index is 13.0. The molecule has 1 aromatic carbocycles. The SMILES string of the molecule is O=C(O)CSc1nnc(NCc2cccc(F)c2)s1. The van der Waals surface area contributed by atoms with E-state index in [9.17, 15) is 9.18 Å². The fraction of sp³-hybridized carbons (Fsp3) is 0.182. The molecule has 2 aromatic rings. The largest absolute Gasteiger partial charge is 0.481 e. The number of hydrogen-bond donors (Lipinski definition) is 2. The number of nitrogens with zero attached hydrogens (tertiary/aromatic N) is 2. The predicted molar refractivity (Wildman–Crippen MR) is 72.0 cm³/mol. The smallest absolute Gasteiger partial charge is 0.313 e. The molecule has 8 heteroatoms. The lowest BCUT2D eigenvalue weighted by atomic mass is 10.2. The molecule has 1 heterocycles. The van der Waals surface area contributed by atoms with Gasteiger partial charge in [0.15, 0.2) is 4.34 Å². The van der Waals surface area contributed by atoms with Gasteiger partial charge < -0.3 is 10.4 Å². The van der Waals surface area contributed by atoms with E-state index in [0.717, 1.165) is 17.3 Å². The van der Waals surface area contributed by atoms with Crippen molar-refractivity contribution in [1.29, 1.82) is 0 Å². The third-order valence-electron chi connectivity index (χ3n) is 2.06. The Morgan fingerprint density at radius 3 is 3.05 bits per heavy atom. The van der Waals surface area contributed by atoms with Crippen LogP contribution in [0.3, 0.4) is 0 Å². The standard InChI is InChI=1S/C11H10FN3O2S2/c12-8-3-1-2-7(4-8)5-13-10-14-15-11(19-10)18-6-9(16)17/h1-4H,5-6H2,(H,13,14)(H,16,17). The normalized spacial score (nSPS) is 10.4. The Bertz CT molecular complexity index is 577. The van der Waals surface area contributed by atoms with E-state index in [1.807, 2.05) is 0 Å². The lowest BCUT2D eigenvalue weighted by molar-refractivity contribution is -0.133. The van der Waals surface area contributed by atoms with Crippen LogP contribution in [-0.2, 0) is 11.3 Å². The van der Waals surface area contributed by atoms with Gasteiger partial charge in [0, 0.05) is 6.54 Å². The zero-order valence-electron chi connectivity index (χ0n) is 9.67. The van der Waals surface area contributed by atoms with Gasteiger partial charge in [-0.05, 0) is 17.7 Å². The summed E-state index contributed by atoms with van der Waals surface area (Å²) in [5, 5.41) is 19.9. The molecule has 0 spiro atoms. The molecule has 0 unspecified atom stereocenters. The van der Waals surface area contributed by atoms with Gasteiger partial charge in [0.2, 0.25) is 5.13 Å². The zero-order valence-corrected chi connectivity index (χ0v) is 11.3. The zero-order chi connectivity index (χ0) is 13.7. The minimum absolute atomic E-state index is 0.0431. The molecular weight excluding hydrogens is 289 g/mol. The highest BCUT2D eigenvalue weighted by Gasteiger charge is 2.07. The highest BCUT2D eigenvalue weighted by molar-refractivity contribution is 8.01. The lowest BCUT2D eigenvalue weighted by Crippen LogP contribution is -1.99. The first-order valence-electron chi connectivity index (χ1n) is 5.30. The van der Waals surface area contributed by atoms with Crippen molar-refractivity contribution in [3.05, 3.63) is 35.6 Å². The van der Waals surface area contributed by atoms with Gasteiger partial charge in [-0.3, -0.25) is 4.79 Å². The van der Waals surface area contributed by atoms with Gasteiger partial charge in [0.1, 0.15) is 5.82 Å². The summed E-state index contributed by atoms with van der Waals surface area (Å²) in [6, 6.07) is 6.26. The summed E-state index contributed by atoms with van der Waals surface area (Å²) < 4.78 is 13.5. The predicted octanol–water partition coefficient (Wildman–Crippen LogP) is 2.47. The number of aromatic nitrogens is 2. The number of nitrogens with one attached hydrogen (secondary N) is 1. The summed E-state index contributed by atoms with van der Waals surface area (Å²) in [5.74, 6) is -1.22. The molecular formula is C11H10FN3O2S2. The maximum absolute atomic E-state index is 13.0. The second-order valence-corrected chi connectivity index (χ2v) is 5.74. The molecule has 2 rings (SSSR count). The number of thioether (sulfide) groups is 1. The Labute approximate surface area is 116 Å². The van der Waals surface area contributed by atoms with Gasteiger partial charge in [0.25, 0.3) is 0 Å². The van der Waals surface area contributed by atoms with Crippen LogP contribution >= 0.6 is 23.1 Å². The van der Waals surface area contributed by atoms with Crippen LogP contribution < -0.4 is 5.32 Å². The van der Waals surface area contributed by atoms with Crippen LogP contribution in [0.15, 0.2) is 28.6 Å². The molecule has 5 nitrogen and oxygen atoms in total. The Morgan fingerprint density at radius 1 is 1.47 bits per heavy atom. The highest BCUT2D eigenvalue weighted by Crippen LogP contribution is 2.25. The molecule has 0 amide bonds. The minimum atomic E-state index is -0.894. The number of hydrogen-bond acceptors (Lipinski definition) is 6. The first-order valence-corrected chi connectivity index (χ1v) is 7.10. The number of rotatable bonds is 6. The molecule has 100 valence electrons. The highest BCUT2D eigenvalue weighted by atomic mass is 32.2. The van der Waals surface area contributed by atoms with Crippen molar-refractivity contribution >= 4 is 34.2 Å². The van der Waals surface area contributed by atoms with E-state index in [2.05, 4.69) is 15.5 Å². The van der Waals surface area contributed by atoms with Crippen LogP contribution in [-0.4, -0.2) is 27.0 Å². The Hall–Kier alpha value is -1.67. The summed E-state index contributed by atoms with van der Waals surface area (Å²) in [7, 11) is 0. The van der Waals surface area contributed by atoms with Gasteiger partial charge in [-0.2, -0.15) is 0 Å². The van der Waals surface area contributed by atoms with E-state index in [4.69, 9.17) is 5.11 Å². The fourth-order valence-corrected chi connectivity index (χ4v) is 2.76. The number of carbonyl (C=O) groups is 1. The summed E-state index contributed by atoms with van der Waals surface area (Å²) in [6.07, 6.45) is 0. The van der Waals surface area contributed by atoms with Gasteiger partial charge in [-0.25, -0.2) is 4.39 Å². The van der Waals surface area contributed by atoms with E-state index in [1.165, 1.54) is 23.5 Å². The van der Waals surface area contributed by atoms with Crippen molar-refractivity contribution in [2.45, 2.75) is 10.9 Å². The number of halogens is 1. The van der Waals surface area contributed by atoms with E-state index >= 15 is 0 Å². The summed E-state index contributed by atoms with van der Waals surface area (Å²) in [6.45, 7) is 0.440. The van der Waals surface area contributed by atoms with Crippen LogP contribution in [0.5, 0.6) is 0 Å². The summed E-state index contributed by atoms with van der Waals surface area (Å²) in [5.41, 5.74) is 0.801. The summed E-state index contributed by atoms with van der Waals surface area (Å²) >= 11 is 2.39. The van der Waals surface area contributed by atoms with Crippen LogP contribution in [0.2, 0.25) is 0 Å². The molecule has 0 saturated carbocycles. The molecule has 0 saturated heterocycles. The molecule has 0 aliphatic heterocycles. The lowest BCUT2D eigenvalue weighted by Gasteiger charge is -2.01. The van der Waals surface area contributed by atoms with Crippen molar-refractivity contribution in [2.75, 3.05) is 11.1 Å². The van der Waals surface area contributed by atoms with Crippen LogP contribution in [0.1, 0.15) is 5.56 Å². The minimum Gasteiger partial charge on any atom is -0.481 e. The monoisotopic (exact) mass is 299 g/mol. The number of carboxylic acids is 1. The van der Waals surface area contributed by atoms with Gasteiger partial charge in [-0.1, -0.05) is 35.2 Å². The van der Waals surface area contributed by atoms with E-state index in [1.54, 1.807) is 12.1 Å². The van der Waals surface area contributed by atoms with Crippen LogP contribution in [0.25, 0.3) is 0 Å². The first-order chi connectivity index (χ1) is 9.13. The first kappa shape index (κ1) is 13.8. The molecule has 0 aliphatic rings. The Kier molecular flexibility index (Phi) is 4.69. The molecule has 1 aromatic heterocycles. The Morgan fingerprint density at radius 2 is 2.32 bits per heavy atom. The topological polar surface area (TPSA) is 75.1 Å². The van der Waals surface area contributed by atoms with Crippen LogP contribution in [0.4, 0.5) is 9.52 Å². The Balaban J connectivity index is 1.88. The number of benzene rings is 1. The third kappa shape index (κ3) is 4.49. The number of anilines is 1. The second kappa shape index (κ2) is 6.48. The van der Waals surface area contributed by atoms with Crippen molar-refractivity contribution < 1.29 is 14.3 Å². The van der Waals surface area contributed by atoms with Crippen molar-refractivity contribution in [2.24, 2.45) is 0 Å². The van der Waals surface area contributed by atoms with Gasteiger partial charge in [-0.15, -0.1) is 10.2 Å². The van der Waals surface area contributed by atoms with E-state index in [-0.39, 0.29) is 11.6 Å². The number of carboxylic acid groups (broad SMARTS) is 1. The van der Waals surface area contributed by atoms with Gasteiger partial charge in [0.05, 0.1) is 5.75 Å². The average molecular weight is 299 g/mol. The molecule has 0 fully saturated rings. The van der Waals surface area contributed by atoms with Crippen molar-refractivity contribution in [3.8, 4) is 0 Å². The molecule has 0 aliphatic carbocycles. The molecule has 19 heavy (non-hydrogen) atoms. The maximum Gasteiger partial charge on any atom is 0.313 e. The number of aliphatic carboxylic acids is 1. The van der Waals surface area contributed by atoms with E-state index < -0.39 is 5.97 Å². The van der Waals surface area contributed by atoms with Crippen LogP contribution in [0, 0.1) is 5.82 Å². The second-order valence-electron chi connectivity index (χ2n) is 3.54. The fourth-order valence-electron chi connectivity index (χ4n) is 1.29. The summed E-state index contributed by atoms with van der Waals surface area (Å²) in [4.78, 5) is 10.4. The average Bonchev–Trinajstić information content (AvgIpc) is 2.82. The van der Waals surface area contributed by atoms with Crippen molar-refractivity contribution in [1.82, 2.24) is 10.2 Å². The molecule has 0 atom stereocenters. The molecule has 0 bridgehead atoms.